The van der Waals surface area contributed by atoms with Crippen LogP contribution in [0.5, 0.6) is 0 Å². The summed E-state index contributed by atoms with van der Waals surface area (Å²) >= 11 is 0. The number of rotatable bonds is 15. The molecule has 1 aromatic carbocycles. The minimum Gasteiger partial charge on any atom is -0.299 e. The molecule has 25 heavy (non-hydrogen) atoms. The van der Waals surface area contributed by atoms with Gasteiger partial charge in [-0.2, -0.15) is 0 Å². The number of hydrogen-bond acceptors (Lipinski definition) is 0. The topological polar surface area (TPSA) is 0 Å². The molecule has 0 N–H and O–H groups in total. The van der Waals surface area contributed by atoms with Crippen LogP contribution in [0, 0.1) is 0 Å². The van der Waals surface area contributed by atoms with E-state index in [0.717, 1.165) is 11.0 Å². The lowest BCUT2D eigenvalue weighted by Crippen LogP contribution is -2.32. The first-order valence-corrected chi connectivity index (χ1v) is 10.7. The third kappa shape index (κ3) is 12.9. The Morgan fingerprint density at radius 1 is 0.720 bits per heavy atom. The zero-order valence-corrected chi connectivity index (χ0v) is 17.2. The summed E-state index contributed by atoms with van der Waals surface area (Å²) in [5, 5.41) is 0. The standard InChI is InChI=1S/C24H42N/c1-4-5-6-7-8-9-10-11-12-13-14-15-19-22-25(2,3)23-24-20-17-16-18-21-24/h16-22H,4-15,23H2,1-3H3/q+1. The Balaban J connectivity index is 1.97. The van der Waals surface area contributed by atoms with Gasteiger partial charge in [-0.25, -0.2) is 0 Å². The van der Waals surface area contributed by atoms with E-state index in [9.17, 15) is 0 Å². The second kappa shape index (κ2) is 14.1. The van der Waals surface area contributed by atoms with Gasteiger partial charge in [-0.15, -0.1) is 0 Å². The van der Waals surface area contributed by atoms with Crippen LogP contribution >= 0.6 is 0 Å². The van der Waals surface area contributed by atoms with Gasteiger partial charge in [0.25, 0.3) is 0 Å². The van der Waals surface area contributed by atoms with E-state index in [1.54, 1.807) is 0 Å². The number of allylic oxidation sites excluding steroid dienone is 1. The van der Waals surface area contributed by atoms with Crippen LogP contribution in [0.1, 0.15) is 89.5 Å². The van der Waals surface area contributed by atoms with Crippen LogP contribution in [0.25, 0.3) is 0 Å². The van der Waals surface area contributed by atoms with E-state index in [0.29, 0.717) is 0 Å². The van der Waals surface area contributed by atoms with E-state index in [2.05, 4.69) is 63.6 Å². The van der Waals surface area contributed by atoms with Crippen LogP contribution in [0.2, 0.25) is 0 Å². The van der Waals surface area contributed by atoms with E-state index < -0.39 is 0 Å². The van der Waals surface area contributed by atoms with Gasteiger partial charge in [0.2, 0.25) is 0 Å². The Labute approximate surface area is 157 Å². The lowest BCUT2D eigenvalue weighted by Gasteiger charge is -2.25. The van der Waals surface area contributed by atoms with Crippen molar-refractivity contribution in [3.05, 3.63) is 48.2 Å². The van der Waals surface area contributed by atoms with Gasteiger partial charge in [0, 0.05) is 5.56 Å². The Morgan fingerprint density at radius 2 is 1.24 bits per heavy atom. The van der Waals surface area contributed by atoms with Crippen molar-refractivity contribution in [1.82, 2.24) is 0 Å². The molecule has 142 valence electrons. The first-order chi connectivity index (χ1) is 12.1. The maximum atomic E-state index is 2.39. The van der Waals surface area contributed by atoms with E-state index in [1.165, 1.54) is 82.6 Å². The molecule has 0 heterocycles. The zero-order valence-electron chi connectivity index (χ0n) is 17.2. The maximum absolute atomic E-state index is 2.39. The SMILES string of the molecule is CCCCCCCCCCCCCC=C[N+](C)(C)Cc1ccccc1. The van der Waals surface area contributed by atoms with Crippen LogP contribution in [0.4, 0.5) is 0 Å². The first kappa shape index (κ1) is 22.0. The predicted octanol–water partition coefficient (Wildman–Crippen LogP) is 7.48. The summed E-state index contributed by atoms with van der Waals surface area (Å²) in [6, 6.07) is 10.8. The maximum Gasteiger partial charge on any atom is 0.108 e. The third-order valence-electron chi connectivity index (χ3n) is 4.92. The number of unbranched alkanes of at least 4 members (excludes halogenated alkanes) is 11. The van der Waals surface area contributed by atoms with Crippen LogP contribution in [-0.4, -0.2) is 18.6 Å². The minimum atomic E-state index is 0.933. The summed E-state index contributed by atoms with van der Waals surface area (Å²) in [5.41, 5.74) is 1.41. The normalized spacial score (nSPS) is 12.1. The largest absolute Gasteiger partial charge is 0.299 e. The highest BCUT2D eigenvalue weighted by atomic mass is 15.3. The van der Waals surface area contributed by atoms with Crippen molar-refractivity contribution < 1.29 is 4.48 Å². The summed E-state index contributed by atoms with van der Waals surface area (Å²) in [5.74, 6) is 0. The van der Waals surface area contributed by atoms with E-state index in [-0.39, 0.29) is 0 Å². The molecule has 0 amide bonds. The molecule has 0 atom stereocenters. The van der Waals surface area contributed by atoms with E-state index in [4.69, 9.17) is 0 Å². The molecule has 1 aromatic rings. The van der Waals surface area contributed by atoms with Crippen LogP contribution in [0.3, 0.4) is 0 Å². The van der Waals surface area contributed by atoms with Gasteiger partial charge in [-0.3, -0.25) is 4.48 Å². The molecule has 0 aromatic heterocycles. The van der Waals surface area contributed by atoms with Gasteiger partial charge >= 0.3 is 0 Å². The van der Waals surface area contributed by atoms with Crippen molar-refractivity contribution in [2.75, 3.05) is 14.1 Å². The predicted molar refractivity (Wildman–Crippen MR) is 112 cm³/mol. The smallest absolute Gasteiger partial charge is 0.108 e. The van der Waals surface area contributed by atoms with Gasteiger partial charge < -0.3 is 0 Å². The lowest BCUT2D eigenvalue weighted by atomic mass is 10.1. The highest BCUT2D eigenvalue weighted by Crippen LogP contribution is 2.13. The Kier molecular flexibility index (Phi) is 12.4. The first-order valence-electron chi connectivity index (χ1n) is 10.7. The Hall–Kier alpha value is -1.08. The molecule has 0 fully saturated rings. The van der Waals surface area contributed by atoms with Gasteiger partial charge in [0.1, 0.15) is 6.54 Å². The summed E-state index contributed by atoms with van der Waals surface area (Å²) < 4.78 is 0.933. The zero-order chi connectivity index (χ0) is 18.2. The lowest BCUT2D eigenvalue weighted by molar-refractivity contribution is -0.852. The van der Waals surface area contributed by atoms with Gasteiger partial charge in [0.15, 0.2) is 0 Å². The van der Waals surface area contributed by atoms with Crippen molar-refractivity contribution in [3.8, 4) is 0 Å². The average Bonchev–Trinajstić information content (AvgIpc) is 2.59. The average molecular weight is 345 g/mol. The summed E-state index contributed by atoms with van der Waals surface area (Å²) in [6.45, 7) is 3.36. The molecule has 0 spiro atoms. The van der Waals surface area contributed by atoms with E-state index >= 15 is 0 Å². The van der Waals surface area contributed by atoms with Crippen molar-refractivity contribution in [1.29, 1.82) is 0 Å². The monoisotopic (exact) mass is 344 g/mol. The number of hydrogen-bond donors (Lipinski definition) is 0. The molecular weight excluding hydrogens is 302 g/mol. The van der Waals surface area contributed by atoms with Gasteiger partial charge in [0.05, 0.1) is 20.3 Å². The van der Waals surface area contributed by atoms with Crippen LogP contribution < -0.4 is 0 Å². The van der Waals surface area contributed by atoms with Gasteiger partial charge in [-0.05, 0) is 18.9 Å². The van der Waals surface area contributed by atoms with Crippen molar-refractivity contribution in [2.24, 2.45) is 0 Å². The highest BCUT2D eigenvalue weighted by molar-refractivity contribution is 5.13. The second-order valence-electron chi connectivity index (χ2n) is 8.13. The fourth-order valence-corrected chi connectivity index (χ4v) is 3.39. The van der Waals surface area contributed by atoms with Crippen molar-refractivity contribution >= 4 is 0 Å². The molecule has 0 radical (unpaired) electrons. The quantitative estimate of drug-likeness (QED) is 0.228. The van der Waals surface area contributed by atoms with Crippen LogP contribution in [-0.2, 0) is 6.54 Å². The minimum absolute atomic E-state index is 0.933. The Bertz CT molecular complexity index is 433. The molecule has 0 saturated carbocycles. The summed E-state index contributed by atoms with van der Waals surface area (Å²) in [7, 11) is 4.56. The highest BCUT2D eigenvalue weighted by Gasteiger charge is 2.11. The fraction of sp³-hybridized carbons (Fsp3) is 0.667. The molecule has 0 aliphatic rings. The second-order valence-corrected chi connectivity index (χ2v) is 8.13. The number of benzene rings is 1. The molecule has 0 unspecified atom stereocenters. The summed E-state index contributed by atoms with van der Waals surface area (Å²) in [6.07, 6.45) is 21.6. The molecular formula is C24H42N+. The molecule has 0 aliphatic heterocycles. The molecule has 0 saturated heterocycles. The fourth-order valence-electron chi connectivity index (χ4n) is 3.39. The Morgan fingerprint density at radius 3 is 1.80 bits per heavy atom. The summed E-state index contributed by atoms with van der Waals surface area (Å²) in [4.78, 5) is 0. The van der Waals surface area contributed by atoms with E-state index in [1.807, 2.05) is 0 Å². The van der Waals surface area contributed by atoms with Crippen molar-refractivity contribution in [2.45, 2.75) is 90.5 Å². The molecule has 1 heteroatoms. The molecule has 0 bridgehead atoms. The third-order valence-corrected chi connectivity index (χ3v) is 4.92. The van der Waals surface area contributed by atoms with Crippen molar-refractivity contribution in [3.63, 3.8) is 0 Å². The molecule has 1 nitrogen and oxygen atoms in total. The number of quaternary nitrogens is 1. The van der Waals surface area contributed by atoms with Crippen LogP contribution in [0.15, 0.2) is 42.6 Å². The number of nitrogens with zero attached hydrogens (tertiary/aromatic N) is 1. The van der Waals surface area contributed by atoms with Gasteiger partial charge in [-0.1, -0.05) is 101 Å². The molecule has 1 rings (SSSR count). The molecule has 0 aliphatic carbocycles.